The fourth-order valence-electron chi connectivity index (χ4n) is 5.81. The normalized spacial score (nSPS) is 14.8. The molecule has 9 heteroatoms. The van der Waals surface area contributed by atoms with Gasteiger partial charge in [-0.1, -0.05) is 167 Å². The first-order valence-electron chi connectivity index (χ1n) is 20.7. The predicted octanol–water partition coefficient (Wildman–Crippen LogP) is 10.3. The van der Waals surface area contributed by atoms with Crippen molar-refractivity contribution in [3.8, 4) is 0 Å². The van der Waals surface area contributed by atoms with Gasteiger partial charge in [-0.05, 0) is 32.1 Å². The molecule has 0 aliphatic rings. The maximum absolute atomic E-state index is 12.8. The second-order valence-corrected chi connectivity index (χ2v) is 16.8. The van der Waals surface area contributed by atoms with E-state index in [4.69, 9.17) is 9.05 Å². The van der Waals surface area contributed by atoms with Crippen LogP contribution in [0.1, 0.15) is 181 Å². The SMILES string of the molecule is CCCCCCC/C=C/CC/C=C/C(O)C(COP(=O)([O-])OCC[N+](C)(C)C)NC(=O)CCCCCCCCCCCCCCCCCCC. The van der Waals surface area contributed by atoms with Gasteiger partial charge < -0.3 is 28.8 Å². The number of amides is 1. The number of carbonyl (C=O) groups excluding carboxylic acids is 1. The number of aliphatic hydroxyl groups excluding tert-OH is 1. The van der Waals surface area contributed by atoms with E-state index in [1.807, 2.05) is 27.2 Å². The number of nitrogens with zero attached hydrogens (tertiary/aromatic N) is 1. The highest BCUT2D eigenvalue weighted by molar-refractivity contribution is 7.45. The lowest BCUT2D eigenvalue weighted by Gasteiger charge is -2.29. The number of aliphatic hydroxyl groups is 1. The topological polar surface area (TPSA) is 108 Å². The van der Waals surface area contributed by atoms with E-state index in [1.165, 1.54) is 122 Å². The van der Waals surface area contributed by atoms with Crippen LogP contribution in [0.15, 0.2) is 24.3 Å². The summed E-state index contributed by atoms with van der Waals surface area (Å²) >= 11 is 0. The molecule has 0 fully saturated rings. The fourth-order valence-corrected chi connectivity index (χ4v) is 6.54. The largest absolute Gasteiger partial charge is 0.756 e. The molecular formula is C41H81N2O6P. The molecule has 0 spiro atoms. The van der Waals surface area contributed by atoms with E-state index in [1.54, 1.807) is 6.08 Å². The number of phosphoric ester groups is 1. The van der Waals surface area contributed by atoms with Crippen LogP contribution >= 0.6 is 7.82 Å². The highest BCUT2D eigenvalue weighted by Gasteiger charge is 2.23. The summed E-state index contributed by atoms with van der Waals surface area (Å²) in [6.07, 6.45) is 37.9. The zero-order valence-corrected chi connectivity index (χ0v) is 34.2. The number of hydrogen-bond donors (Lipinski definition) is 2. The van der Waals surface area contributed by atoms with Crippen LogP contribution in [0.25, 0.3) is 0 Å². The van der Waals surface area contributed by atoms with Gasteiger partial charge in [0, 0.05) is 6.42 Å². The average molecular weight is 729 g/mol. The van der Waals surface area contributed by atoms with Crippen LogP contribution in [0.2, 0.25) is 0 Å². The molecule has 0 heterocycles. The molecule has 0 aromatic carbocycles. The molecule has 0 aromatic rings. The summed E-state index contributed by atoms with van der Waals surface area (Å²) in [5.74, 6) is -0.208. The first-order valence-corrected chi connectivity index (χ1v) is 22.2. The fraction of sp³-hybridized carbons (Fsp3) is 0.878. The summed E-state index contributed by atoms with van der Waals surface area (Å²) in [6, 6.07) is -0.896. The van der Waals surface area contributed by atoms with Gasteiger partial charge >= 0.3 is 0 Å². The van der Waals surface area contributed by atoms with Gasteiger partial charge in [0.15, 0.2) is 0 Å². The number of rotatable bonds is 37. The second-order valence-electron chi connectivity index (χ2n) is 15.3. The Bertz CT molecular complexity index is 876. The molecule has 0 aliphatic heterocycles. The molecule has 0 radical (unpaired) electrons. The van der Waals surface area contributed by atoms with E-state index in [2.05, 4.69) is 31.3 Å². The van der Waals surface area contributed by atoms with E-state index >= 15 is 0 Å². The van der Waals surface area contributed by atoms with E-state index in [0.717, 1.165) is 38.5 Å². The second kappa shape index (κ2) is 33.8. The van der Waals surface area contributed by atoms with Gasteiger partial charge in [-0.2, -0.15) is 0 Å². The third kappa shape index (κ3) is 35.4. The number of hydrogen-bond acceptors (Lipinski definition) is 6. The highest BCUT2D eigenvalue weighted by atomic mass is 31.2. The minimum atomic E-state index is -4.58. The molecule has 0 bridgehead atoms. The first-order chi connectivity index (χ1) is 24.0. The van der Waals surface area contributed by atoms with Gasteiger partial charge in [0.25, 0.3) is 7.82 Å². The number of allylic oxidation sites excluding steroid dienone is 3. The van der Waals surface area contributed by atoms with Crippen molar-refractivity contribution in [2.24, 2.45) is 0 Å². The van der Waals surface area contributed by atoms with Crippen molar-refractivity contribution in [1.82, 2.24) is 5.32 Å². The van der Waals surface area contributed by atoms with Crippen molar-refractivity contribution in [1.29, 1.82) is 0 Å². The van der Waals surface area contributed by atoms with Gasteiger partial charge in [0.2, 0.25) is 5.91 Å². The maximum Gasteiger partial charge on any atom is 0.268 e. The Balaban J connectivity index is 4.43. The molecule has 0 aromatic heterocycles. The Kier molecular flexibility index (Phi) is 33.1. The van der Waals surface area contributed by atoms with E-state index in [9.17, 15) is 19.4 Å². The Morgan fingerprint density at radius 3 is 1.62 bits per heavy atom. The van der Waals surface area contributed by atoms with Crippen molar-refractivity contribution < 1.29 is 32.9 Å². The molecule has 0 rings (SSSR count). The number of phosphoric acid groups is 1. The quantitative estimate of drug-likeness (QED) is 0.0285. The molecule has 8 nitrogen and oxygen atoms in total. The molecule has 50 heavy (non-hydrogen) atoms. The summed E-state index contributed by atoms with van der Waals surface area (Å²) in [6.45, 7) is 4.59. The third-order valence-electron chi connectivity index (χ3n) is 9.16. The average Bonchev–Trinajstić information content (AvgIpc) is 3.06. The molecular weight excluding hydrogens is 647 g/mol. The number of quaternary nitrogens is 1. The summed E-state index contributed by atoms with van der Waals surface area (Å²) in [7, 11) is 1.25. The zero-order valence-electron chi connectivity index (χ0n) is 33.4. The first kappa shape index (κ1) is 49.0. The van der Waals surface area contributed by atoms with Crippen LogP contribution < -0.4 is 10.2 Å². The number of unbranched alkanes of at least 4 members (excludes halogenated alkanes) is 22. The van der Waals surface area contributed by atoms with Crippen molar-refractivity contribution in [3.05, 3.63) is 24.3 Å². The summed E-state index contributed by atoms with van der Waals surface area (Å²) < 4.78 is 23.1. The number of nitrogens with one attached hydrogen (secondary N) is 1. The molecule has 2 N–H and O–H groups in total. The zero-order chi connectivity index (χ0) is 37.2. The van der Waals surface area contributed by atoms with Gasteiger partial charge in [0.05, 0.1) is 39.9 Å². The summed E-state index contributed by atoms with van der Waals surface area (Å²) in [5, 5.41) is 13.7. The van der Waals surface area contributed by atoms with Crippen LogP contribution in [0.3, 0.4) is 0 Å². The van der Waals surface area contributed by atoms with E-state index in [0.29, 0.717) is 17.4 Å². The maximum atomic E-state index is 12.8. The Morgan fingerprint density at radius 2 is 1.12 bits per heavy atom. The van der Waals surface area contributed by atoms with Gasteiger partial charge in [0.1, 0.15) is 13.2 Å². The molecule has 0 saturated carbocycles. The van der Waals surface area contributed by atoms with Gasteiger partial charge in [-0.25, -0.2) is 0 Å². The van der Waals surface area contributed by atoms with Gasteiger partial charge in [-0.15, -0.1) is 0 Å². The van der Waals surface area contributed by atoms with Crippen LogP contribution in [0, 0.1) is 0 Å². The standard InChI is InChI=1S/C41H81N2O6P/c1-6-8-10-12-14-16-18-19-20-21-22-23-25-27-29-31-33-35-41(45)42-39(38-49-50(46,47)48-37-36-43(3,4)5)40(44)34-32-30-28-26-24-17-15-13-11-9-7-2/h24,26,32,34,39-40,44H,6-23,25,27-31,33,35-38H2,1-5H3,(H-,42,45,46,47)/b26-24+,34-32+. The van der Waals surface area contributed by atoms with E-state index < -0.39 is 20.0 Å². The lowest BCUT2D eigenvalue weighted by atomic mass is 10.0. The molecule has 1 amide bonds. The number of carbonyl (C=O) groups is 1. The Morgan fingerprint density at radius 1 is 0.680 bits per heavy atom. The van der Waals surface area contributed by atoms with Crippen molar-refractivity contribution in [3.63, 3.8) is 0 Å². The minimum absolute atomic E-state index is 0.00464. The molecule has 3 atom stereocenters. The monoisotopic (exact) mass is 729 g/mol. The molecule has 296 valence electrons. The predicted molar refractivity (Wildman–Crippen MR) is 210 cm³/mol. The number of likely N-dealkylation sites (N-methyl/N-ethyl adjacent to an activating group) is 1. The lowest BCUT2D eigenvalue weighted by molar-refractivity contribution is -0.870. The third-order valence-corrected chi connectivity index (χ3v) is 10.1. The van der Waals surface area contributed by atoms with Crippen LogP contribution in [0.5, 0.6) is 0 Å². The van der Waals surface area contributed by atoms with Crippen LogP contribution in [0.4, 0.5) is 0 Å². The summed E-state index contributed by atoms with van der Waals surface area (Å²) in [4.78, 5) is 25.2. The lowest BCUT2D eigenvalue weighted by Crippen LogP contribution is -2.45. The molecule has 3 unspecified atom stereocenters. The van der Waals surface area contributed by atoms with Crippen molar-refractivity contribution >= 4 is 13.7 Å². The smallest absolute Gasteiger partial charge is 0.268 e. The van der Waals surface area contributed by atoms with Crippen molar-refractivity contribution in [2.75, 3.05) is 40.9 Å². The van der Waals surface area contributed by atoms with E-state index in [-0.39, 0.29) is 19.1 Å². The summed E-state index contributed by atoms with van der Waals surface area (Å²) in [5.41, 5.74) is 0. The van der Waals surface area contributed by atoms with Gasteiger partial charge in [-0.3, -0.25) is 9.36 Å². The Hall–Kier alpha value is -1.02. The van der Waals surface area contributed by atoms with Crippen molar-refractivity contribution in [2.45, 2.75) is 193 Å². The highest BCUT2D eigenvalue weighted by Crippen LogP contribution is 2.38. The van der Waals surface area contributed by atoms with Crippen LogP contribution in [-0.2, 0) is 18.4 Å². The van der Waals surface area contributed by atoms with Crippen LogP contribution in [-0.4, -0.2) is 68.5 Å². The minimum Gasteiger partial charge on any atom is -0.756 e. The molecule has 0 aliphatic carbocycles. The Labute approximate surface area is 309 Å². The molecule has 0 saturated heterocycles.